The normalized spacial score (nSPS) is 14.1. The lowest BCUT2D eigenvalue weighted by molar-refractivity contribution is -0.140. The van der Waals surface area contributed by atoms with Crippen molar-refractivity contribution in [1.29, 1.82) is 0 Å². The van der Waals surface area contributed by atoms with Gasteiger partial charge in [0.1, 0.15) is 24.6 Å². The maximum Gasteiger partial charge on any atom is 0.325 e. The summed E-state index contributed by atoms with van der Waals surface area (Å²) >= 11 is 14.1. The van der Waals surface area contributed by atoms with Gasteiger partial charge in [-0.25, -0.2) is 0 Å². The third-order valence-electron chi connectivity index (χ3n) is 5.95. The molecule has 1 amide bonds. The molecule has 4 rings (SSSR count). The standard InChI is InChI=1S/C29H26ClIN2O6S/c1-4-38-25-15-18(13-23(31)27(25)39-17-19-7-5-6-8-22(19)30)14-24-28(35)33(20-9-11-21(36-2)12-10-20)29(40)32(24)16-26(34)37-3/h5-15H,4,16-17H2,1-3H3/b24-14-. The fourth-order valence-electron chi connectivity index (χ4n) is 3.98. The van der Waals surface area contributed by atoms with Crippen molar-refractivity contribution in [2.75, 3.05) is 32.3 Å². The van der Waals surface area contributed by atoms with Crippen LogP contribution in [0.4, 0.5) is 5.69 Å². The average Bonchev–Trinajstić information content (AvgIpc) is 3.17. The highest BCUT2D eigenvalue weighted by Crippen LogP contribution is 2.37. The number of hydrogen-bond acceptors (Lipinski definition) is 7. The fraction of sp³-hybridized carbons (Fsp3) is 0.207. The van der Waals surface area contributed by atoms with Crippen LogP contribution in [0.5, 0.6) is 17.2 Å². The molecular weight excluding hydrogens is 667 g/mol. The summed E-state index contributed by atoms with van der Waals surface area (Å²) in [5.41, 5.74) is 2.27. The van der Waals surface area contributed by atoms with Crippen molar-refractivity contribution in [3.63, 3.8) is 0 Å². The van der Waals surface area contributed by atoms with Gasteiger partial charge in [-0.1, -0.05) is 29.8 Å². The first-order valence-electron chi connectivity index (χ1n) is 12.2. The van der Waals surface area contributed by atoms with E-state index in [4.69, 9.17) is 42.8 Å². The molecule has 1 fully saturated rings. The Hall–Kier alpha value is -3.35. The van der Waals surface area contributed by atoms with Gasteiger partial charge >= 0.3 is 5.97 Å². The summed E-state index contributed by atoms with van der Waals surface area (Å²) in [7, 11) is 2.84. The average molecular weight is 693 g/mol. The Morgan fingerprint density at radius 1 is 1.07 bits per heavy atom. The van der Waals surface area contributed by atoms with Crippen LogP contribution in [0.1, 0.15) is 18.1 Å². The monoisotopic (exact) mass is 692 g/mol. The highest BCUT2D eigenvalue weighted by molar-refractivity contribution is 14.1. The van der Waals surface area contributed by atoms with Gasteiger partial charge in [0.05, 0.1) is 30.1 Å². The van der Waals surface area contributed by atoms with Crippen molar-refractivity contribution >= 4 is 75.2 Å². The minimum atomic E-state index is -0.537. The van der Waals surface area contributed by atoms with E-state index in [1.807, 2.05) is 37.3 Å². The van der Waals surface area contributed by atoms with Gasteiger partial charge in [-0.05, 0) is 95.8 Å². The van der Waals surface area contributed by atoms with Crippen LogP contribution in [-0.4, -0.2) is 49.3 Å². The van der Waals surface area contributed by atoms with Crippen molar-refractivity contribution in [1.82, 2.24) is 4.90 Å². The van der Waals surface area contributed by atoms with Crippen LogP contribution in [0.3, 0.4) is 0 Å². The maximum atomic E-state index is 13.7. The molecule has 1 aliphatic rings. The number of amides is 1. The Morgan fingerprint density at radius 2 is 1.80 bits per heavy atom. The van der Waals surface area contributed by atoms with E-state index in [9.17, 15) is 9.59 Å². The first-order chi connectivity index (χ1) is 19.3. The van der Waals surface area contributed by atoms with Gasteiger partial charge in [-0.15, -0.1) is 0 Å². The summed E-state index contributed by atoms with van der Waals surface area (Å²) in [5, 5.41) is 0.769. The molecule has 0 aromatic heterocycles. The number of hydrogen-bond donors (Lipinski definition) is 0. The van der Waals surface area contributed by atoms with Crippen LogP contribution in [0.15, 0.2) is 66.4 Å². The summed E-state index contributed by atoms with van der Waals surface area (Å²) in [6.45, 7) is 2.31. The Morgan fingerprint density at radius 3 is 2.45 bits per heavy atom. The van der Waals surface area contributed by atoms with E-state index in [1.165, 1.54) is 16.9 Å². The van der Waals surface area contributed by atoms with E-state index >= 15 is 0 Å². The second kappa shape index (κ2) is 13.3. The molecule has 0 unspecified atom stereocenters. The van der Waals surface area contributed by atoms with Crippen molar-refractivity contribution in [2.45, 2.75) is 13.5 Å². The molecule has 0 saturated carbocycles. The molecule has 3 aromatic carbocycles. The summed E-state index contributed by atoms with van der Waals surface area (Å²) < 4.78 is 22.9. The van der Waals surface area contributed by atoms with E-state index in [0.29, 0.717) is 40.1 Å². The number of methoxy groups -OCH3 is 2. The Kier molecular flexibility index (Phi) is 9.88. The third kappa shape index (κ3) is 6.51. The minimum absolute atomic E-state index is 0.159. The molecule has 0 bridgehead atoms. The molecule has 1 aliphatic heterocycles. The number of ether oxygens (including phenoxy) is 4. The molecule has 40 heavy (non-hydrogen) atoms. The summed E-state index contributed by atoms with van der Waals surface area (Å²) in [4.78, 5) is 28.8. The number of carbonyl (C=O) groups excluding carboxylic acids is 2. The molecule has 0 N–H and O–H groups in total. The molecule has 8 nitrogen and oxygen atoms in total. The van der Waals surface area contributed by atoms with Crippen LogP contribution < -0.4 is 19.1 Å². The van der Waals surface area contributed by atoms with E-state index in [2.05, 4.69) is 22.6 Å². The second-order valence-corrected chi connectivity index (χ2v) is 10.4. The van der Waals surface area contributed by atoms with Crippen molar-refractivity contribution in [2.24, 2.45) is 0 Å². The number of anilines is 1. The SMILES string of the molecule is CCOc1cc(/C=C2/C(=O)N(c3ccc(OC)cc3)C(=S)N2CC(=O)OC)cc(I)c1OCc1ccccc1Cl. The lowest BCUT2D eigenvalue weighted by atomic mass is 10.1. The summed E-state index contributed by atoms with van der Waals surface area (Å²) in [6.07, 6.45) is 1.67. The number of nitrogens with zero attached hydrogens (tertiary/aromatic N) is 2. The first-order valence-corrected chi connectivity index (χ1v) is 14.0. The van der Waals surface area contributed by atoms with Crippen molar-refractivity contribution in [3.8, 4) is 17.2 Å². The third-order valence-corrected chi connectivity index (χ3v) is 7.52. The molecular formula is C29H26ClIN2O6S. The number of benzene rings is 3. The summed E-state index contributed by atoms with van der Waals surface area (Å²) in [6, 6.07) is 18.0. The molecule has 208 valence electrons. The van der Waals surface area contributed by atoms with E-state index in [1.54, 1.807) is 43.5 Å². The van der Waals surface area contributed by atoms with E-state index < -0.39 is 5.97 Å². The molecule has 0 radical (unpaired) electrons. The van der Waals surface area contributed by atoms with Gasteiger partial charge in [-0.2, -0.15) is 0 Å². The van der Waals surface area contributed by atoms with Gasteiger partial charge in [0.15, 0.2) is 16.6 Å². The number of rotatable bonds is 10. The predicted octanol–water partition coefficient (Wildman–Crippen LogP) is 6.08. The zero-order valence-electron chi connectivity index (χ0n) is 22.0. The van der Waals surface area contributed by atoms with Gasteiger partial charge in [0, 0.05) is 10.6 Å². The smallest absolute Gasteiger partial charge is 0.325 e. The van der Waals surface area contributed by atoms with Gasteiger partial charge in [-0.3, -0.25) is 14.5 Å². The summed E-state index contributed by atoms with van der Waals surface area (Å²) in [5.74, 6) is 0.784. The van der Waals surface area contributed by atoms with Crippen LogP contribution in [0.25, 0.3) is 6.08 Å². The van der Waals surface area contributed by atoms with Crippen LogP contribution >= 0.6 is 46.4 Å². The topological polar surface area (TPSA) is 77.5 Å². The Bertz CT molecular complexity index is 1460. The number of thiocarbonyl (C=S) groups is 1. The largest absolute Gasteiger partial charge is 0.497 e. The van der Waals surface area contributed by atoms with E-state index in [-0.39, 0.29) is 29.9 Å². The molecule has 1 saturated heterocycles. The highest BCUT2D eigenvalue weighted by Gasteiger charge is 2.40. The molecule has 11 heteroatoms. The molecule has 0 aliphatic carbocycles. The zero-order chi connectivity index (χ0) is 28.8. The Balaban J connectivity index is 1.71. The van der Waals surface area contributed by atoms with Crippen molar-refractivity contribution < 1.29 is 28.5 Å². The quantitative estimate of drug-likeness (QED) is 0.110. The second-order valence-electron chi connectivity index (χ2n) is 8.46. The lowest BCUT2D eigenvalue weighted by Gasteiger charge is -2.19. The van der Waals surface area contributed by atoms with Crippen LogP contribution in [0.2, 0.25) is 5.02 Å². The lowest BCUT2D eigenvalue weighted by Crippen LogP contribution is -2.35. The molecule has 1 heterocycles. The van der Waals surface area contributed by atoms with Crippen LogP contribution in [0, 0.1) is 3.57 Å². The molecule has 0 atom stereocenters. The highest BCUT2D eigenvalue weighted by atomic mass is 127. The fourth-order valence-corrected chi connectivity index (χ4v) is 5.31. The molecule has 3 aromatic rings. The van der Waals surface area contributed by atoms with Crippen molar-refractivity contribution in [3.05, 3.63) is 86.1 Å². The number of halogens is 2. The van der Waals surface area contributed by atoms with Gasteiger partial charge in [0.2, 0.25) is 0 Å². The van der Waals surface area contributed by atoms with E-state index in [0.717, 1.165) is 9.13 Å². The first kappa shape index (κ1) is 29.6. The number of carbonyl (C=O) groups is 2. The maximum absolute atomic E-state index is 13.7. The Labute approximate surface area is 256 Å². The minimum Gasteiger partial charge on any atom is -0.497 e. The predicted molar refractivity (Wildman–Crippen MR) is 166 cm³/mol. The zero-order valence-corrected chi connectivity index (χ0v) is 25.7. The molecule has 0 spiro atoms. The van der Waals surface area contributed by atoms with Gasteiger partial charge in [0.25, 0.3) is 5.91 Å². The van der Waals surface area contributed by atoms with Crippen LogP contribution in [-0.2, 0) is 20.9 Å². The van der Waals surface area contributed by atoms with Gasteiger partial charge < -0.3 is 23.8 Å². The number of esters is 1.